The number of quaternary nitrogens is 4. The number of aliphatic hydroxyl groups is 2. The van der Waals surface area contributed by atoms with Crippen LogP contribution in [0.5, 0.6) is 0 Å². The summed E-state index contributed by atoms with van der Waals surface area (Å²) in [6.07, 6.45) is 18.5. The second kappa shape index (κ2) is 45.1. The minimum absolute atomic E-state index is 0.292. The summed E-state index contributed by atoms with van der Waals surface area (Å²) in [6, 6.07) is 61.6. The van der Waals surface area contributed by atoms with E-state index in [0.29, 0.717) is 72.4 Å². The maximum absolute atomic E-state index is 8.52. The molecule has 10 unspecified atom stereocenters. The number of aliphatic hydroxyl groups excluding tert-OH is 2. The summed E-state index contributed by atoms with van der Waals surface area (Å²) < 4.78 is 3.97. The van der Waals surface area contributed by atoms with Crippen LogP contribution in [0, 0.1) is 0 Å². The van der Waals surface area contributed by atoms with Crippen LogP contribution in [-0.4, -0.2) is 151 Å². The van der Waals surface area contributed by atoms with E-state index in [9.17, 15) is 0 Å². The average Bonchev–Trinajstić information content (AvgIpc) is 1.82. The zero-order valence-corrected chi connectivity index (χ0v) is 66.7. The quantitative estimate of drug-likeness (QED) is 0.0705. The number of rotatable bonds is 21. The third-order valence-corrected chi connectivity index (χ3v) is 22.5. The SMILES string of the molecule is CCC1CCC(C)c2ccc(cc2)C(CC)CC(CC(CC)c2ccccc2)c2ccc1cc2.CCCC1CC(CC(CC)c2ccccc2)c2ccc(cc2)C(CC)CCC(C)c2ccc1cc2.CC[N+](C)(C)C.CC[N+](C)(C)C.CC[N+](C)(C)CCO.CC[N+](C)(C)CCO. The molecule has 6 heteroatoms. The summed E-state index contributed by atoms with van der Waals surface area (Å²) in [6.45, 7) is 34.5. The van der Waals surface area contributed by atoms with Crippen molar-refractivity contribution in [3.63, 3.8) is 0 Å². The van der Waals surface area contributed by atoms with E-state index < -0.39 is 0 Å². The van der Waals surface area contributed by atoms with E-state index in [4.69, 9.17) is 10.2 Å². The van der Waals surface area contributed by atoms with Crippen LogP contribution >= 0.6 is 0 Å². The molecule has 0 aliphatic heterocycles. The first-order valence-electron chi connectivity index (χ1n) is 39.1. The van der Waals surface area contributed by atoms with Crippen LogP contribution in [0.4, 0.5) is 0 Å². The lowest BCUT2D eigenvalue weighted by molar-refractivity contribution is -0.888. The van der Waals surface area contributed by atoms with E-state index in [-0.39, 0.29) is 0 Å². The fourth-order valence-electron chi connectivity index (χ4n) is 13.5. The fraction of sp³-hybridized carbons (Fsp3) is 0.604. The van der Waals surface area contributed by atoms with Crippen LogP contribution in [0.2, 0.25) is 0 Å². The normalized spacial score (nSPS) is 20.3. The Morgan fingerprint density at radius 1 is 0.330 bits per heavy atom. The molecule has 10 atom stereocenters. The predicted molar refractivity (Wildman–Crippen MR) is 427 cm³/mol. The molecule has 0 aromatic heterocycles. The van der Waals surface area contributed by atoms with Crippen molar-refractivity contribution in [1.82, 2.24) is 0 Å². The van der Waals surface area contributed by atoms with Crippen LogP contribution in [0.25, 0.3) is 0 Å². The van der Waals surface area contributed by atoms with Crippen molar-refractivity contribution in [2.75, 3.05) is 123 Å². The van der Waals surface area contributed by atoms with E-state index in [0.717, 1.165) is 44.1 Å². The standard InChI is InChI=1S/C35H46.C34H44.2C6H16NO.2C5H14N/c1-5-11-34-25-35(24-28(7-3)30-12-9-8-10-13-30)33-22-20-31(21-23-33)27(6-2)15-14-26(4)29-16-18-32(34)19-17-29;1-5-26-14-13-25(4)29-15-17-32(18-16-29)28(7-3)24-34(33-21-19-31(26)20-22-33)23-27(6-2)30-11-9-8-10-12-30;2*1-4-7(2,3)5-6-8;2*1-5-6(2,3)4/h8-10,12-13,16-23,26-28,34-35H,5-7,11,14-15,24-25H2,1-4H3;8-12,15-22,25-28,34H,5-7,13-14,23-24H2,1-4H3;2*8H,4-6H2,1-3H3;2*5H2,1-4H3/q;;4*+1. The zero-order valence-electron chi connectivity index (χ0n) is 66.7. The Morgan fingerprint density at radius 3 is 0.845 bits per heavy atom. The summed E-state index contributed by atoms with van der Waals surface area (Å²) in [4.78, 5) is 0. The van der Waals surface area contributed by atoms with Gasteiger partial charge in [0.05, 0.1) is 110 Å². The molecule has 0 saturated heterocycles. The fourth-order valence-corrected chi connectivity index (χ4v) is 13.5. The van der Waals surface area contributed by atoms with Crippen molar-refractivity contribution < 1.29 is 28.1 Å². The van der Waals surface area contributed by atoms with Gasteiger partial charge in [0, 0.05) is 0 Å². The largest absolute Gasteiger partial charge is 0.391 e. The topological polar surface area (TPSA) is 40.5 Å². The van der Waals surface area contributed by atoms with Gasteiger partial charge >= 0.3 is 0 Å². The molecule has 0 saturated carbocycles. The monoisotopic (exact) mass is 1330 g/mol. The molecular weight excluding hydrogens is 1180 g/mol. The summed E-state index contributed by atoms with van der Waals surface area (Å²) in [7, 11) is 21.5. The number of benzene rings is 6. The molecule has 8 bridgehead atoms. The summed E-state index contributed by atoms with van der Waals surface area (Å²) in [5.41, 5.74) is 15.2. The molecule has 6 aromatic rings. The molecule has 0 spiro atoms. The Kier molecular flexibility index (Phi) is 40.1. The van der Waals surface area contributed by atoms with Crippen LogP contribution in [-0.2, 0) is 0 Å². The molecule has 0 amide bonds. The number of nitrogens with zero attached hydrogens (tertiary/aromatic N) is 4. The minimum Gasteiger partial charge on any atom is -0.391 e. The van der Waals surface area contributed by atoms with E-state index in [2.05, 4.69) is 311 Å². The van der Waals surface area contributed by atoms with Crippen molar-refractivity contribution in [3.05, 3.63) is 213 Å². The Hall–Kier alpha value is -4.92. The molecule has 0 heterocycles. The Balaban J connectivity index is 0.000000363. The minimum atomic E-state index is 0.292. The molecule has 0 radical (unpaired) electrons. The highest BCUT2D eigenvalue weighted by Crippen LogP contribution is 2.44. The van der Waals surface area contributed by atoms with Crippen molar-refractivity contribution in [1.29, 1.82) is 0 Å². The molecular formula is C91H150N4O2+4. The third-order valence-electron chi connectivity index (χ3n) is 22.5. The molecule has 14 rings (SSSR count). The van der Waals surface area contributed by atoms with Crippen molar-refractivity contribution >= 4 is 0 Å². The first-order chi connectivity index (χ1) is 46.1. The van der Waals surface area contributed by atoms with Gasteiger partial charge in [0.15, 0.2) is 0 Å². The van der Waals surface area contributed by atoms with Gasteiger partial charge in [-0.2, -0.15) is 0 Å². The highest BCUT2D eigenvalue weighted by molar-refractivity contribution is 5.35. The van der Waals surface area contributed by atoms with Gasteiger partial charge in [-0.3, -0.25) is 0 Å². The lowest BCUT2D eigenvalue weighted by atomic mass is 9.76. The molecule has 542 valence electrons. The highest BCUT2D eigenvalue weighted by atomic mass is 16.3. The van der Waals surface area contributed by atoms with Crippen molar-refractivity contribution in [2.24, 2.45) is 0 Å². The Morgan fingerprint density at radius 2 is 0.598 bits per heavy atom. The lowest BCUT2D eigenvalue weighted by Crippen LogP contribution is -2.41. The van der Waals surface area contributed by atoms with Gasteiger partial charge in [0.1, 0.15) is 13.1 Å². The summed E-state index contributed by atoms with van der Waals surface area (Å²) >= 11 is 0. The maximum Gasteiger partial charge on any atom is 0.102 e. The van der Waals surface area contributed by atoms with Crippen LogP contribution < -0.4 is 0 Å². The molecule has 0 fully saturated rings. The van der Waals surface area contributed by atoms with Gasteiger partial charge < -0.3 is 28.1 Å². The molecule has 8 aliphatic rings. The van der Waals surface area contributed by atoms with Crippen LogP contribution in [0.3, 0.4) is 0 Å². The molecule has 97 heavy (non-hydrogen) atoms. The van der Waals surface area contributed by atoms with Gasteiger partial charge in [0.25, 0.3) is 0 Å². The average molecular weight is 1330 g/mol. The second-order valence-electron chi connectivity index (χ2n) is 32.4. The molecule has 6 aromatic carbocycles. The molecule has 6 nitrogen and oxygen atoms in total. The van der Waals surface area contributed by atoms with Crippen LogP contribution in [0.15, 0.2) is 158 Å². The lowest BCUT2D eigenvalue weighted by Gasteiger charge is -2.28. The highest BCUT2D eigenvalue weighted by Gasteiger charge is 2.27. The summed E-state index contributed by atoms with van der Waals surface area (Å²) in [5, 5.41) is 17.0. The Labute approximate surface area is 599 Å². The molecule has 2 N–H and O–H groups in total. The van der Waals surface area contributed by atoms with E-state index >= 15 is 0 Å². The van der Waals surface area contributed by atoms with Gasteiger partial charge in [-0.15, -0.1) is 0 Å². The number of likely N-dealkylation sites (N-methyl/N-ethyl adjacent to an activating group) is 2. The third kappa shape index (κ3) is 32.1. The number of hydrogen-bond donors (Lipinski definition) is 2. The van der Waals surface area contributed by atoms with Gasteiger partial charge in [0.2, 0.25) is 0 Å². The second-order valence-corrected chi connectivity index (χ2v) is 32.4. The van der Waals surface area contributed by atoms with Gasteiger partial charge in [-0.25, -0.2) is 0 Å². The first-order valence-corrected chi connectivity index (χ1v) is 39.1. The van der Waals surface area contributed by atoms with Crippen LogP contribution in [0.1, 0.15) is 294 Å². The van der Waals surface area contributed by atoms with E-state index in [1.165, 1.54) is 154 Å². The smallest absolute Gasteiger partial charge is 0.102 e. The zero-order chi connectivity index (χ0) is 72.2. The van der Waals surface area contributed by atoms with Crippen molar-refractivity contribution in [2.45, 2.75) is 239 Å². The van der Waals surface area contributed by atoms with Gasteiger partial charge in [-0.05, 0) is 232 Å². The van der Waals surface area contributed by atoms with E-state index in [1.54, 1.807) is 11.1 Å². The number of hydrogen-bond acceptors (Lipinski definition) is 2. The first kappa shape index (κ1) is 86.3. The van der Waals surface area contributed by atoms with Crippen molar-refractivity contribution in [3.8, 4) is 0 Å². The maximum atomic E-state index is 8.52. The Bertz CT molecular complexity index is 2870. The van der Waals surface area contributed by atoms with E-state index in [1.807, 2.05) is 0 Å². The predicted octanol–water partition coefficient (Wildman–Crippen LogP) is 22.6. The van der Waals surface area contributed by atoms with Gasteiger partial charge in [-0.1, -0.05) is 220 Å². The molecule has 8 aliphatic carbocycles. The summed E-state index contributed by atoms with van der Waals surface area (Å²) in [5.74, 6) is 6.17.